The van der Waals surface area contributed by atoms with Crippen LogP contribution < -0.4 is 5.73 Å². The number of alkyl halides is 1. The minimum atomic E-state index is -0.564. The minimum Gasteiger partial charge on any atom is -0.326 e. The van der Waals surface area contributed by atoms with E-state index in [1.54, 1.807) is 17.0 Å². The van der Waals surface area contributed by atoms with Crippen molar-refractivity contribution in [1.82, 2.24) is 9.55 Å². The van der Waals surface area contributed by atoms with Crippen molar-refractivity contribution in [3.05, 3.63) is 48.0 Å². The fourth-order valence-corrected chi connectivity index (χ4v) is 1.46. The molecule has 4 heteroatoms. The zero-order valence-electron chi connectivity index (χ0n) is 8.23. The molecule has 0 unspecified atom stereocenters. The summed E-state index contributed by atoms with van der Waals surface area (Å²) in [5.74, 6) is 0.412. The van der Waals surface area contributed by atoms with E-state index in [2.05, 4.69) is 4.98 Å². The second-order valence-corrected chi connectivity index (χ2v) is 3.22. The Bertz CT molecular complexity index is 433. The monoisotopic (exact) mass is 205 g/mol. The van der Waals surface area contributed by atoms with Crippen LogP contribution >= 0.6 is 0 Å². The van der Waals surface area contributed by atoms with Gasteiger partial charge in [0.15, 0.2) is 0 Å². The molecule has 2 N–H and O–H groups in total. The number of imidazole rings is 1. The van der Waals surface area contributed by atoms with Crippen LogP contribution in [0.2, 0.25) is 0 Å². The molecule has 0 fully saturated rings. The molecule has 1 heterocycles. The van der Waals surface area contributed by atoms with Crippen molar-refractivity contribution in [3.63, 3.8) is 0 Å². The van der Waals surface area contributed by atoms with Crippen LogP contribution in [-0.2, 0) is 13.2 Å². The van der Waals surface area contributed by atoms with Gasteiger partial charge in [-0.1, -0.05) is 12.1 Å². The number of halogens is 1. The van der Waals surface area contributed by atoms with E-state index in [9.17, 15) is 4.39 Å². The molecule has 15 heavy (non-hydrogen) atoms. The second-order valence-electron chi connectivity index (χ2n) is 3.22. The van der Waals surface area contributed by atoms with Gasteiger partial charge >= 0.3 is 0 Å². The first-order chi connectivity index (χ1) is 7.35. The molecule has 1 aromatic heterocycles. The number of hydrogen-bond acceptors (Lipinski definition) is 2. The Hall–Kier alpha value is -1.68. The highest BCUT2D eigenvalue weighted by atomic mass is 19.1. The molecule has 0 amide bonds. The summed E-state index contributed by atoms with van der Waals surface area (Å²) < 4.78 is 14.3. The summed E-state index contributed by atoms with van der Waals surface area (Å²) in [5, 5.41) is 0. The normalized spacial score (nSPS) is 10.5. The molecule has 1 aromatic carbocycles. The fraction of sp³-hybridized carbons (Fsp3) is 0.182. The Labute approximate surface area is 87.4 Å². The van der Waals surface area contributed by atoms with E-state index in [1.807, 2.05) is 24.3 Å². The van der Waals surface area contributed by atoms with Gasteiger partial charge in [-0.25, -0.2) is 9.37 Å². The molecule has 0 aliphatic carbocycles. The van der Waals surface area contributed by atoms with Crippen LogP contribution in [0.1, 0.15) is 11.4 Å². The van der Waals surface area contributed by atoms with Gasteiger partial charge in [0.25, 0.3) is 0 Å². The smallest absolute Gasteiger partial charge is 0.148 e. The summed E-state index contributed by atoms with van der Waals surface area (Å²) in [6, 6.07) is 7.67. The van der Waals surface area contributed by atoms with Gasteiger partial charge in [-0.15, -0.1) is 0 Å². The van der Waals surface area contributed by atoms with E-state index in [1.165, 1.54) is 0 Å². The number of hydrogen-bond donors (Lipinski definition) is 1. The lowest BCUT2D eigenvalue weighted by molar-refractivity contribution is 0.461. The van der Waals surface area contributed by atoms with Crippen LogP contribution in [0, 0.1) is 0 Å². The van der Waals surface area contributed by atoms with Crippen LogP contribution in [0.3, 0.4) is 0 Å². The van der Waals surface area contributed by atoms with Crippen molar-refractivity contribution in [1.29, 1.82) is 0 Å². The van der Waals surface area contributed by atoms with Crippen LogP contribution in [0.15, 0.2) is 36.7 Å². The van der Waals surface area contributed by atoms with Crippen molar-refractivity contribution in [2.24, 2.45) is 5.73 Å². The van der Waals surface area contributed by atoms with Crippen LogP contribution in [0.5, 0.6) is 0 Å². The first-order valence-corrected chi connectivity index (χ1v) is 4.72. The van der Waals surface area contributed by atoms with Gasteiger partial charge in [0, 0.05) is 24.6 Å². The Kier molecular flexibility index (Phi) is 2.78. The van der Waals surface area contributed by atoms with Crippen molar-refractivity contribution in [2.75, 3.05) is 0 Å². The largest absolute Gasteiger partial charge is 0.326 e. The van der Waals surface area contributed by atoms with Crippen LogP contribution in [-0.4, -0.2) is 9.55 Å². The number of nitrogens with zero attached hydrogens (tertiary/aromatic N) is 2. The highest BCUT2D eigenvalue weighted by Gasteiger charge is 2.03. The molecule has 0 aliphatic rings. The Morgan fingerprint density at radius 1 is 1.27 bits per heavy atom. The zero-order chi connectivity index (χ0) is 10.7. The maximum atomic E-state index is 12.5. The van der Waals surface area contributed by atoms with Gasteiger partial charge < -0.3 is 10.3 Å². The average molecular weight is 205 g/mol. The molecular formula is C11H12FN3. The predicted octanol–water partition coefficient (Wildman–Crippen LogP) is 1.80. The minimum absolute atomic E-state index is 0.412. The third-order valence-corrected chi connectivity index (χ3v) is 2.29. The zero-order valence-corrected chi connectivity index (χ0v) is 8.23. The summed E-state index contributed by atoms with van der Waals surface area (Å²) in [4.78, 5) is 3.92. The van der Waals surface area contributed by atoms with Gasteiger partial charge in [0.05, 0.1) is 0 Å². The van der Waals surface area contributed by atoms with Gasteiger partial charge in [-0.05, 0) is 17.7 Å². The average Bonchev–Trinajstić information content (AvgIpc) is 2.77. The maximum absolute atomic E-state index is 12.5. The van der Waals surface area contributed by atoms with Crippen LogP contribution in [0.25, 0.3) is 5.69 Å². The van der Waals surface area contributed by atoms with Gasteiger partial charge in [-0.2, -0.15) is 0 Å². The molecule has 0 aliphatic heterocycles. The van der Waals surface area contributed by atoms with Crippen molar-refractivity contribution >= 4 is 0 Å². The molecule has 0 saturated carbocycles. The van der Waals surface area contributed by atoms with Crippen molar-refractivity contribution in [2.45, 2.75) is 13.2 Å². The summed E-state index contributed by atoms with van der Waals surface area (Å²) >= 11 is 0. The summed E-state index contributed by atoms with van der Waals surface area (Å²) in [7, 11) is 0. The second kappa shape index (κ2) is 4.23. The van der Waals surface area contributed by atoms with E-state index in [0.29, 0.717) is 12.4 Å². The molecule has 2 aromatic rings. The number of aromatic nitrogens is 2. The molecule has 2 rings (SSSR count). The lowest BCUT2D eigenvalue weighted by atomic mass is 10.2. The number of rotatable bonds is 3. The van der Waals surface area contributed by atoms with Gasteiger partial charge in [0.2, 0.25) is 0 Å². The van der Waals surface area contributed by atoms with Crippen molar-refractivity contribution < 1.29 is 4.39 Å². The first kappa shape index (κ1) is 9.86. The maximum Gasteiger partial charge on any atom is 0.148 e. The summed E-state index contributed by atoms with van der Waals surface area (Å²) in [6.45, 7) is -0.0498. The lowest BCUT2D eigenvalue weighted by Crippen LogP contribution is -2.00. The standard InChI is InChI=1S/C11H12FN3/c12-7-11-14-5-6-15(11)10-3-1-9(8-13)2-4-10/h1-6H,7-8,13H2. The van der Waals surface area contributed by atoms with Gasteiger partial charge in [0.1, 0.15) is 12.5 Å². The van der Waals surface area contributed by atoms with Crippen LogP contribution in [0.4, 0.5) is 4.39 Å². The lowest BCUT2D eigenvalue weighted by Gasteiger charge is -2.06. The number of benzene rings is 1. The first-order valence-electron chi connectivity index (χ1n) is 4.72. The van der Waals surface area contributed by atoms with Crippen molar-refractivity contribution in [3.8, 4) is 5.69 Å². The van der Waals surface area contributed by atoms with Gasteiger partial charge in [-0.3, -0.25) is 0 Å². The number of nitrogens with two attached hydrogens (primary N) is 1. The molecule has 0 atom stereocenters. The summed E-state index contributed by atoms with van der Waals surface area (Å²) in [5.41, 5.74) is 7.45. The SMILES string of the molecule is NCc1ccc(-n2ccnc2CF)cc1. The Morgan fingerprint density at radius 3 is 2.60 bits per heavy atom. The Morgan fingerprint density at radius 2 is 2.00 bits per heavy atom. The molecule has 78 valence electrons. The summed E-state index contributed by atoms with van der Waals surface area (Å²) in [6.07, 6.45) is 3.33. The Balaban J connectivity index is 2.37. The highest BCUT2D eigenvalue weighted by Crippen LogP contribution is 2.12. The predicted molar refractivity (Wildman–Crippen MR) is 56.3 cm³/mol. The molecule has 0 radical (unpaired) electrons. The topological polar surface area (TPSA) is 43.8 Å². The molecule has 0 bridgehead atoms. The van der Waals surface area contributed by atoms with E-state index in [4.69, 9.17) is 5.73 Å². The molecule has 0 spiro atoms. The highest BCUT2D eigenvalue weighted by molar-refractivity contribution is 5.35. The third kappa shape index (κ3) is 1.89. The van der Waals surface area contributed by atoms with E-state index in [-0.39, 0.29) is 0 Å². The molecule has 0 saturated heterocycles. The molecular weight excluding hydrogens is 193 g/mol. The van der Waals surface area contributed by atoms with E-state index in [0.717, 1.165) is 11.3 Å². The van der Waals surface area contributed by atoms with E-state index < -0.39 is 6.67 Å². The quantitative estimate of drug-likeness (QED) is 0.830. The third-order valence-electron chi connectivity index (χ3n) is 2.29. The molecule has 3 nitrogen and oxygen atoms in total. The van der Waals surface area contributed by atoms with E-state index >= 15 is 0 Å². The fourth-order valence-electron chi connectivity index (χ4n) is 1.46.